The molecule has 5 heteroatoms. The summed E-state index contributed by atoms with van der Waals surface area (Å²) in [6.45, 7) is 1.81. The zero-order chi connectivity index (χ0) is 12.1. The van der Waals surface area contributed by atoms with Gasteiger partial charge in [-0.1, -0.05) is 11.6 Å². The van der Waals surface area contributed by atoms with Gasteiger partial charge in [-0.05, 0) is 24.6 Å². The standard InChI is InChI=1S/C12H15ClN4/c13-10-2-3-12(11(14)8-10)16-4-1-6-17-7-5-15-9-17/h2-3,5,7-9,16H,1,4,6,14H2. The minimum atomic E-state index is 0.659. The Kier molecular flexibility index (Phi) is 3.88. The highest BCUT2D eigenvalue weighted by molar-refractivity contribution is 6.31. The third-order valence-electron chi connectivity index (χ3n) is 2.48. The van der Waals surface area contributed by atoms with Gasteiger partial charge in [-0.25, -0.2) is 4.98 Å². The highest BCUT2D eigenvalue weighted by Gasteiger charge is 1.98. The van der Waals surface area contributed by atoms with Crippen LogP contribution < -0.4 is 11.1 Å². The van der Waals surface area contributed by atoms with Crippen LogP contribution in [-0.2, 0) is 6.54 Å². The lowest BCUT2D eigenvalue weighted by molar-refractivity contribution is 0.661. The number of aromatic nitrogens is 2. The van der Waals surface area contributed by atoms with Crippen molar-refractivity contribution < 1.29 is 0 Å². The van der Waals surface area contributed by atoms with Gasteiger partial charge in [0.2, 0.25) is 0 Å². The Morgan fingerprint density at radius 2 is 2.29 bits per heavy atom. The van der Waals surface area contributed by atoms with Crippen LogP contribution in [0.5, 0.6) is 0 Å². The van der Waals surface area contributed by atoms with E-state index >= 15 is 0 Å². The van der Waals surface area contributed by atoms with Crippen LogP contribution in [0.1, 0.15) is 6.42 Å². The number of aryl methyl sites for hydroxylation is 1. The van der Waals surface area contributed by atoms with E-state index in [1.165, 1.54) is 0 Å². The van der Waals surface area contributed by atoms with Gasteiger partial charge in [-0.2, -0.15) is 0 Å². The summed E-state index contributed by atoms with van der Waals surface area (Å²) in [4.78, 5) is 3.99. The molecular formula is C12H15ClN4. The first-order valence-electron chi connectivity index (χ1n) is 5.50. The lowest BCUT2D eigenvalue weighted by Gasteiger charge is -2.09. The number of hydrogen-bond acceptors (Lipinski definition) is 3. The molecule has 0 saturated carbocycles. The predicted molar refractivity (Wildman–Crippen MR) is 71.2 cm³/mol. The first kappa shape index (κ1) is 11.8. The summed E-state index contributed by atoms with van der Waals surface area (Å²) in [5.74, 6) is 0. The van der Waals surface area contributed by atoms with Crippen molar-refractivity contribution in [2.45, 2.75) is 13.0 Å². The number of nitrogens with two attached hydrogens (primary N) is 1. The fourth-order valence-corrected chi connectivity index (χ4v) is 1.78. The van der Waals surface area contributed by atoms with E-state index in [1.54, 1.807) is 12.3 Å². The molecule has 17 heavy (non-hydrogen) atoms. The van der Waals surface area contributed by atoms with E-state index in [1.807, 2.05) is 29.2 Å². The number of nitrogens with zero attached hydrogens (tertiary/aromatic N) is 2. The van der Waals surface area contributed by atoms with Gasteiger partial charge >= 0.3 is 0 Å². The second kappa shape index (κ2) is 5.59. The molecule has 0 atom stereocenters. The van der Waals surface area contributed by atoms with Crippen molar-refractivity contribution in [3.8, 4) is 0 Å². The van der Waals surface area contributed by atoms with Crippen LogP contribution in [0, 0.1) is 0 Å². The van der Waals surface area contributed by atoms with Gasteiger partial charge in [-0.3, -0.25) is 0 Å². The van der Waals surface area contributed by atoms with E-state index in [2.05, 4.69) is 10.3 Å². The minimum Gasteiger partial charge on any atom is -0.397 e. The molecule has 0 aliphatic heterocycles. The summed E-state index contributed by atoms with van der Waals surface area (Å²) in [6, 6.07) is 5.48. The Morgan fingerprint density at radius 3 is 3.00 bits per heavy atom. The summed E-state index contributed by atoms with van der Waals surface area (Å²) in [5.41, 5.74) is 7.45. The number of benzene rings is 1. The maximum atomic E-state index is 5.84. The summed E-state index contributed by atoms with van der Waals surface area (Å²) < 4.78 is 2.05. The molecule has 2 rings (SSSR count). The van der Waals surface area contributed by atoms with E-state index < -0.39 is 0 Å². The number of nitrogen functional groups attached to an aromatic ring is 1. The summed E-state index contributed by atoms with van der Waals surface area (Å²) in [7, 11) is 0. The zero-order valence-electron chi connectivity index (χ0n) is 9.44. The van der Waals surface area contributed by atoms with Crippen LogP contribution in [0.2, 0.25) is 5.02 Å². The third kappa shape index (κ3) is 3.39. The lowest BCUT2D eigenvalue weighted by Crippen LogP contribution is -2.07. The molecule has 3 N–H and O–H groups in total. The molecular weight excluding hydrogens is 236 g/mol. The normalized spacial score (nSPS) is 10.4. The van der Waals surface area contributed by atoms with Crippen LogP contribution in [0.3, 0.4) is 0 Å². The molecule has 0 fully saturated rings. The van der Waals surface area contributed by atoms with Gasteiger partial charge in [0.1, 0.15) is 0 Å². The highest BCUT2D eigenvalue weighted by atomic mass is 35.5. The molecule has 0 amide bonds. The van der Waals surface area contributed by atoms with Crippen LogP contribution in [0.4, 0.5) is 11.4 Å². The minimum absolute atomic E-state index is 0.659. The van der Waals surface area contributed by atoms with Crippen molar-refractivity contribution in [3.05, 3.63) is 41.9 Å². The summed E-state index contributed by atoms with van der Waals surface area (Å²) in [5, 5.41) is 3.94. The first-order valence-corrected chi connectivity index (χ1v) is 5.88. The summed E-state index contributed by atoms with van der Waals surface area (Å²) in [6.07, 6.45) is 6.57. The monoisotopic (exact) mass is 250 g/mol. The van der Waals surface area contributed by atoms with Gasteiger partial charge in [0, 0.05) is 30.5 Å². The van der Waals surface area contributed by atoms with Crippen LogP contribution in [0.25, 0.3) is 0 Å². The second-order valence-electron chi connectivity index (χ2n) is 3.81. The zero-order valence-corrected chi connectivity index (χ0v) is 10.2. The van der Waals surface area contributed by atoms with Crippen LogP contribution in [-0.4, -0.2) is 16.1 Å². The molecule has 0 bridgehead atoms. The van der Waals surface area contributed by atoms with Crippen molar-refractivity contribution in [1.82, 2.24) is 9.55 Å². The Morgan fingerprint density at radius 1 is 1.41 bits per heavy atom. The Bertz CT molecular complexity index is 467. The predicted octanol–water partition coefficient (Wildman–Crippen LogP) is 2.62. The largest absolute Gasteiger partial charge is 0.397 e. The number of halogens is 1. The van der Waals surface area contributed by atoms with Crippen molar-refractivity contribution >= 4 is 23.0 Å². The molecule has 2 aromatic rings. The molecule has 90 valence electrons. The molecule has 0 saturated heterocycles. The fraction of sp³-hybridized carbons (Fsp3) is 0.250. The average molecular weight is 251 g/mol. The van der Waals surface area contributed by atoms with Crippen molar-refractivity contribution in [2.75, 3.05) is 17.6 Å². The highest BCUT2D eigenvalue weighted by Crippen LogP contribution is 2.22. The molecule has 1 aromatic carbocycles. The van der Waals surface area contributed by atoms with Gasteiger partial charge in [0.15, 0.2) is 0 Å². The Hall–Kier alpha value is -1.68. The average Bonchev–Trinajstić information content (AvgIpc) is 2.79. The number of hydrogen-bond donors (Lipinski definition) is 2. The van der Waals surface area contributed by atoms with Crippen LogP contribution in [0.15, 0.2) is 36.9 Å². The van der Waals surface area contributed by atoms with E-state index in [0.717, 1.165) is 25.2 Å². The van der Waals surface area contributed by atoms with Crippen LogP contribution >= 0.6 is 11.6 Å². The van der Waals surface area contributed by atoms with E-state index in [-0.39, 0.29) is 0 Å². The number of imidazole rings is 1. The van der Waals surface area contributed by atoms with Crippen molar-refractivity contribution in [3.63, 3.8) is 0 Å². The molecule has 0 spiro atoms. The molecule has 0 aliphatic carbocycles. The topological polar surface area (TPSA) is 55.9 Å². The number of nitrogens with one attached hydrogen (secondary N) is 1. The first-order chi connectivity index (χ1) is 8.25. The second-order valence-corrected chi connectivity index (χ2v) is 4.25. The van der Waals surface area contributed by atoms with Gasteiger partial charge in [0.25, 0.3) is 0 Å². The van der Waals surface area contributed by atoms with Gasteiger partial charge < -0.3 is 15.6 Å². The molecule has 0 aliphatic rings. The SMILES string of the molecule is Nc1cc(Cl)ccc1NCCCn1ccnc1. The van der Waals surface area contributed by atoms with Gasteiger partial charge in [-0.15, -0.1) is 0 Å². The molecule has 0 radical (unpaired) electrons. The number of rotatable bonds is 5. The molecule has 4 nitrogen and oxygen atoms in total. The fourth-order valence-electron chi connectivity index (χ4n) is 1.60. The van der Waals surface area contributed by atoms with E-state index in [9.17, 15) is 0 Å². The number of anilines is 2. The molecule has 1 aromatic heterocycles. The Labute approximate surface area is 105 Å². The molecule has 1 heterocycles. The quantitative estimate of drug-likeness (QED) is 0.634. The third-order valence-corrected chi connectivity index (χ3v) is 2.72. The smallest absolute Gasteiger partial charge is 0.0945 e. The maximum absolute atomic E-state index is 5.84. The Balaban J connectivity index is 1.78. The van der Waals surface area contributed by atoms with Crippen molar-refractivity contribution in [1.29, 1.82) is 0 Å². The van der Waals surface area contributed by atoms with Crippen molar-refractivity contribution in [2.24, 2.45) is 0 Å². The van der Waals surface area contributed by atoms with E-state index in [0.29, 0.717) is 10.7 Å². The van der Waals surface area contributed by atoms with Gasteiger partial charge in [0.05, 0.1) is 17.7 Å². The molecule has 0 unspecified atom stereocenters. The summed E-state index contributed by atoms with van der Waals surface area (Å²) >= 11 is 5.83. The maximum Gasteiger partial charge on any atom is 0.0945 e. The lowest BCUT2D eigenvalue weighted by atomic mass is 10.2. The van der Waals surface area contributed by atoms with E-state index in [4.69, 9.17) is 17.3 Å².